The lowest BCUT2D eigenvalue weighted by Gasteiger charge is -2.39. The summed E-state index contributed by atoms with van der Waals surface area (Å²) in [7, 11) is 0. The minimum Gasteiger partial charge on any atom is -0.305 e. The Balaban J connectivity index is 4.88. The Bertz CT molecular complexity index is 302. The van der Waals surface area contributed by atoms with E-state index in [2.05, 4.69) is 79.4 Å². The number of nitrogens with one attached hydrogen (secondary N) is 1. The van der Waals surface area contributed by atoms with Gasteiger partial charge in [-0.3, -0.25) is 0 Å². The molecule has 0 aromatic carbocycles. The zero-order chi connectivity index (χ0) is 15.3. The van der Waals surface area contributed by atoms with E-state index in [9.17, 15) is 0 Å². The van der Waals surface area contributed by atoms with Gasteiger partial charge in [-0.05, 0) is 51.9 Å². The van der Waals surface area contributed by atoms with Gasteiger partial charge in [0.15, 0.2) is 0 Å². The van der Waals surface area contributed by atoms with Gasteiger partial charge < -0.3 is 5.32 Å². The fourth-order valence-electron chi connectivity index (χ4n) is 2.32. The molecule has 0 bridgehead atoms. The third-order valence-corrected chi connectivity index (χ3v) is 3.67. The summed E-state index contributed by atoms with van der Waals surface area (Å²) in [5.41, 5.74) is 1.63. The van der Waals surface area contributed by atoms with Gasteiger partial charge in [-0.1, -0.05) is 52.0 Å². The van der Waals surface area contributed by atoms with Crippen LogP contribution in [0.4, 0.5) is 0 Å². The molecule has 0 spiro atoms. The molecule has 0 aliphatic carbocycles. The van der Waals surface area contributed by atoms with Crippen LogP contribution in [-0.2, 0) is 0 Å². The topological polar surface area (TPSA) is 12.0 Å². The summed E-state index contributed by atoms with van der Waals surface area (Å²) in [6, 6.07) is 0.376. The summed E-state index contributed by atoms with van der Waals surface area (Å²) in [5.74, 6) is 0.563. The SMILES string of the molecule is C=C(C(NC(C)(C)C)C(C)C)C(C)(C)CC/C=C\C. The van der Waals surface area contributed by atoms with Gasteiger partial charge in [0, 0.05) is 11.6 Å². The first-order chi connectivity index (χ1) is 8.51. The molecular weight excluding hydrogens is 230 g/mol. The van der Waals surface area contributed by atoms with E-state index in [-0.39, 0.29) is 11.0 Å². The van der Waals surface area contributed by atoms with Crippen molar-refractivity contribution >= 4 is 0 Å². The maximum Gasteiger partial charge on any atom is 0.0309 e. The minimum absolute atomic E-state index is 0.122. The monoisotopic (exact) mass is 265 g/mol. The molecule has 0 aliphatic rings. The normalized spacial score (nSPS) is 15.2. The Kier molecular flexibility index (Phi) is 7.07. The molecule has 0 saturated heterocycles. The van der Waals surface area contributed by atoms with Crippen molar-refractivity contribution in [2.24, 2.45) is 11.3 Å². The predicted octanol–water partition coefficient (Wildman–Crippen LogP) is 5.34. The van der Waals surface area contributed by atoms with Crippen molar-refractivity contribution in [1.82, 2.24) is 5.32 Å². The van der Waals surface area contributed by atoms with Crippen LogP contribution in [0.3, 0.4) is 0 Å². The van der Waals surface area contributed by atoms with Crippen LogP contribution in [0, 0.1) is 11.3 Å². The fourth-order valence-corrected chi connectivity index (χ4v) is 2.32. The zero-order valence-electron chi connectivity index (χ0n) is 14.4. The van der Waals surface area contributed by atoms with Crippen molar-refractivity contribution in [2.75, 3.05) is 0 Å². The van der Waals surface area contributed by atoms with Crippen molar-refractivity contribution in [1.29, 1.82) is 0 Å². The van der Waals surface area contributed by atoms with E-state index < -0.39 is 0 Å². The van der Waals surface area contributed by atoms with Gasteiger partial charge in [0.25, 0.3) is 0 Å². The van der Waals surface area contributed by atoms with Gasteiger partial charge in [-0.2, -0.15) is 0 Å². The number of hydrogen-bond donors (Lipinski definition) is 1. The molecule has 1 unspecified atom stereocenters. The van der Waals surface area contributed by atoms with E-state index in [4.69, 9.17) is 0 Å². The highest BCUT2D eigenvalue weighted by atomic mass is 15.0. The van der Waals surface area contributed by atoms with Crippen LogP contribution in [0.15, 0.2) is 24.3 Å². The molecule has 1 heteroatoms. The number of hydrogen-bond acceptors (Lipinski definition) is 1. The highest BCUT2D eigenvalue weighted by molar-refractivity contribution is 5.17. The Morgan fingerprint density at radius 1 is 1.16 bits per heavy atom. The van der Waals surface area contributed by atoms with Gasteiger partial charge in [0.05, 0.1) is 0 Å². The lowest BCUT2D eigenvalue weighted by atomic mass is 9.74. The Labute approximate surface area is 121 Å². The Morgan fingerprint density at radius 3 is 2.05 bits per heavy atom. The minimum atomic E-state index is 0.122. The van der Waals surface area contributed by atoms with Crippen molar-refractivity contribution < 1.29 is 0 Å². The van der Waals surface area contributed by atoms with Crippen LogP contribution >= 0.6 is 0 Å². The van der Waals surface area contributed by atoms with Crippen LogP contribution in [0.2, 0.25) is 0 Å². The highest BCUT2D eigenvalue weighted by Crippen LogP contribution is 2.35. The Morgan fingerprint density at radius 2 is 1.68 bits per heavy atom. The van der Waals surface area contributed by atoms with E-state index in [1.54, 1.807) is 0 Å². The molecule has 0 aliphatic heterocycles. The maximum absolute atomic E-state index is 4.42. The van der Waals surface area contributed by atoms with Crippen LogP contribution in [0.25, 0.3) is 0 Å². The maximum atomic E-state index is 4.42. The summed E-state index contributed by atoms with van der Waals surface area (Å²) in [6.45, 7) is 22.4. The van der Waals surface area contributed by atoms with E-state index in [1.807, 2.05) is 0 Å². The van der Waals surface area contributed by atoms with E-state index in [0.29, 0.717) is 12.0 Å². The van der Waals surface area contributed by atoms with Gasteiger partial charge >= 0.3 is 0 Å². The molecule has 0 saturated carbocycles. The molecular formula is C18H35N. The van der Waals surface area contributed by atoms with Crippen LogP contribution in [0.5, 0.6) is 0 Å². The van der Waals surface area contributed by atoms with Gasteiger partial charge in [0.1, 0.15) is 0 Å². The third kappa shape index (κ3) is 6.96. The molecule has 1 N–H and O–H groups in total. The summed E-state index contributed by atoms with van der Waals surface area (Å²) >= 11 is 0. The Hall–Kier alpha value is -0.560. The molecule has 0 radical (unpaired) electrons. The molecule has 112 valence electrons. The zero-order valence-corrected chi connectivity index (χ0v) is 14.4. The van der Waals surface area contributed by atoms with E-state index >= 15 is 0 Å². The van der Waals surface area contributed by atoms with Gasteiger partial charge in [0.2, 0.25) is 0 Å². The van der Waals surface area contributed by atoms with Crippen molar-refractivity contribution in [2.45, 2.75) is 79.8 Å². The smallest absolute Gasteiger partial charge is 0.0309 e. The average Bonchev–Trinajstić information content (AvgIpc) is 2.23. The van der Waals surface area contributed by atoms with Crippen molar-refractivity contribution in [3.05, 3.63) is 24.3 Å². The molecule has 0 aromatic rings. The quantitative estimate of drug-likeness (QED) is 0.613. The second-order valence-electron chi connectivity index (χ2n) is 7.63. The first-order valence-electron chi connectivity index (χ1n) is 7.59. The molecule has 19 heavy (non-hydrogen) atoms. The largest absolute Gasteiger partial charge is 0.305 e. The highest BCUT2D eigenvalue weighted by Gasteiger charge is 2.31. The summed E-state index contributed by atoms with van der Waals surface area (Å²) < 4.78 is 0. The van der Waals surface area contributed by atoms with E-state index in [0.717, 1.165) is 12.8 Å². The third-order valence-electron chi connectivity index (χ3n) is 3.67. The standard InChI is InChI=1S/C18H35N/c1-10-11-12-13-18(8,9)15(4)16(14(2)3)19-17(5,6)7/h10-11,14,16,19H,4,12-13H2,1-3,5-9H3/b11-10-. The molecule has 0 aromatic heterocycles. The number of rotatable bonds is 7. The molecule has 0 heterocycles. The molecule has 1 atom stereocenters. The first kappa shape index (κ1) is 18.4. The second kappa shape index (κ2) is 7.28. The van der Waals surface area contributed by atoms with Crippen LogP contribution in [0.1, 0.15) is 68.2 Å². The lowest BCUT2D eigenvalue weighted by molar-refractivity contribution is 0.282. The summed E-state index contributed by atoms with van der Waals surface area (Å²) in [5, 5.41) is 3.73. The predicted molar refractivity (Wildman–Crippen MR) is 88.5 cm³/mol. The molecule has 0 amide bonds. The molecule has 0 rings (SSSR count). The summed E-state index contributed by atoms with van der Waals surface area (Å²) in [4.78, 5) is 0. The second-order valence-corrected chi connectivity index (χ2v) is 7.63. The van der Waals surface area contributed by atoms with Crippen molar-refractivity contribution in [3.63, 3.8) is 0 Å². The van der Waals surface area contributed by atoms with Crippen LogP contribution in [-0.4, -0.2) is 11.6 Å². The fraction of sp³-hybridized carbons (Fsp3) is 0.778. The first-order valence-corrected chi connectivity index (χ1v) is 7.59. The van der Waals surface area contributed by atoms with Crippen LogP contribution < -0.4 is 5.32 Å². The summed E-state index contributed by atoms with van der Waals surface area (Å²) in [6.07, 6.45) is 6.66. The molecule has 1 nitrogen and oxygen atoms in total. The lowest BCUT2D eigenvalue weighted by Crippen LogP contribution is -2.49. The van der Waals surface area contributed by atoms with Crippen molar-refractivity contribution in [3.8, 4) is 0 Å². The van der Waals surface area contributed by atoms with Gasteiger partial charge in [-0.15, -0.1) is 0 Å². The number of allylic oxidation sites excluding steroid dienone is 2. The van der Waals surface area contributed by atoms with Gasteiger partial charge in [-0.25, -0.2) is 0 Å². The molecule has 0 fully saturated rings. The average molecular weight is 265 g/mol. The van der Waals surface area contributed by atoms with E-state index in [1.165, 1.54) is 5.57 Å².